The Hall–Kier alpha value is -0.0313. The van der Waals surface area contributed by atoms with Crippen LogP contribution in [0.4, 0.5) is 0 Å². The molecule has 0 saturated heterocycles. The third-order valence-electron chi connectivity index (χ3n) is 4.37. The molecule has 21 heavy (non-hydrogen) atoms. The van der Waals surface area contributed by atoms with E-state index in [-0.39, 0.29) is 12.6 Å². The molecule has 0 aromatic heterocycles. The molecule has 0 fully saturated rings. The first-order valence-corrected chi connectivity index (χ1v) is 16.0. The Morgan fingerprint density at radius 2 is 1.43 bits per heavy atom. The molecule has 0 bridgehead atoms. The summed E-state index contributed by atoms with van der Waals surface area (Å²) in [6.45, 7) is 6.71. The third kappa shape index (κ3) is 7.68. The second-order valence-electron chi connectivity index (χ2n) is 5.94. The molecule has 0 aromatic rings. The Morgan fingerprint density at radius 1 is 1.00 bits per heavy atom. The van der Waals surface area contributed by atoms with Crippen molar-refractivity contribution in [1.82, 2.24) is 0 Å². The van der Waals surface area contributed by atoms with Gasteiger partial charge in [0.15, 0.2) is 0 Å². The summed E-state index contributed by atoms with van der Waals surface area (Å²) in [6, 6.07) is 0. The number of aliphatic hydroxyl groups excluding tert-OH is 1. The fraction of sp³-hybridized carbons (Fsp3) is 0.824. The molecule has 0 aliphatic carbocycles. The minimum absolute atomic E-state index is 0.0440. The van der Waals surface area contributed by atoms with Gasteiger partial charge in [-0.15, -0.1) is 0 Å². The predicted molar refractivity (Wildman–Crippen MR) is 92.1 cm³/mol. The number of hydrogen-bond acceptors (Lipinski definition) is 3. The van der Waals surface area contributed by atoms with Crippen molar-refractivity contribution < 1.29 is 14.6 Å². The van der Waals surface area contributed by atoms with Gasteiger partial charge in [0.05, 0.1) is 0 Å². The molecule has 0 unspecified atom stereocenters. The number of carbonyl (C=O) groups is 1. The topological polar surface area (TPSA) is 46.5 Å². The maximum absolute atomic E-state index is 11.7. The van der Waals surface area contributed by atoms with Gasteiger partial charge in [-0.2, -0.15) is 0 Å². The van der Waals surface area contributed by atoms with Crippen molar-refractivity contribution in [3.63, 3.8) is 0 Å². The van der Waals surface area contributed by atoms with Crippen LogP contribution in [0.3, 0.4) is 0 Å². The number of carbonyl (C=O) groups excluding carboxylic acids is 1. The van der Waals surface area contributed by atoms with Crippen LogP contribution in [0.1, 0.15) is 59.3 Å². The van der Waals surface area contributed by atoms with E-state index in [2.05, 4.69) is 20.8 Å². The van der Waals surface area contributed by atoms with E-state index < -0.39 is 18.4 Å². The van der Waals surface area contributed by atoms with Crippen molar-refractivity contribution in [2.45, 2.75) is 72.6 Å². The van der Waals surface area contributed by atoms with Crippen molar-refractivity contribution in [2.75, 3.05) is 13.7 Å². The molecule has 0 aliphatic heterocycles. The molecule has 4 heteroatoms. The Labute approximate surface area is 135 Å². The van der Waals surface area contributed by atoms with E-state index in [1.54, 1.807) is 6.08 Å². The SMILES string of the molecule is CCC[CH2][Sn]([CH2]CCC)([CH2]CCC)/[C](=C\C(=O)OC)CO. The monoisotopic (exact) mass is 406 g/mol. The van der Waals surface area contributed by atoms with Crippen LogP contribution in [-0.4, -0.2) is 43.2 Å². The van der Waals surface area contributed by atoms with E-state index >= 15 is 0 Å². The van der Waals surface area contributed by atoms with Gasteiger partial charge in [-0.05, 0) is 0 Å². The summed E-state index contributed by atoms with van der Waals surface area (Å²) < 4.78 is 9.65. The average molecular weight is 405 g/mol. The van der Waals surface area contributed by atoms with Crippen LogP contribution < -0.4 is 0 Å². The molecule has 0 atom stereocenters. The van der Waals surface area contributed by atoms with Crippen LogP contribution in [0.2, 0.25) is 13.3 Å². The van der Waals surface area contributed by atoms with Crippen LogP contribution >= 0.6 is 0 Å². The van der Waals surface area contributed by atoms with Crippen molar-refractivity contribution in [2.24, 2.45) is 0 Å². The first-order chi connectivity index (χ1) is 10.1. The number of ether oxygens (including phenoxy) is 1. The summed E-state index contributed by atoms with van der Waals surface area (Å²) in [5, 5.41) is 9.88. The quantitative estimate of drug-likeness (QED) is 0.296. The van der Waals surface area contributed by atoms with E-state index in [1.165, 1.54) is 58.9 Å². The van der Waals surface area contributed by atoms with Crippen molar-refractivity contribution >= 4 is 24.3 Å². The van der Waals surface area contributed by atoms with Gasteiger partial charge >= 0.3 is 135 Å². The van der Waals surface area contributed by atoms with Gasteiger partial charge in [-0.1, -0.05) is 0 Å². The van der Waals surface area contributed by atoms with Crippen molar-refractivity contribution in [3.05, 3.63) is 9.67 Å². The fourth-order valence-corrected chi connectivity index (χ4v) is 18.8. The second kappa shape index (κ2) is 12.5. The first-order valence-electron chi connectivity index (χ1n) is 8.50. The van der Waals surface area contributed by atoms with Crippen LogP contribution in [-0.2, 0) is 9.53 Å². The van der Waals surface area contributed by atoms with Gasteiger partial charge in [-0.3, -0.25) is 0 Å². The normalized spacial score (nSPS) is 12.5. The molecule has 0 amide bonds. The van der Waals surface area contributed by atoms with Gasteiger partial charge in [0.25, 0.3) is 0 Å². The average Bonchev–Trinajstić information content (AvgIpc) is 2.52. The molecule has 3 nitrogen and oxygen atoms in total. The summed E-state index contributed by atoms with van der Waals surface area (Å²) in [5.41, 5.74) is 0. The third-order valence-corrected chi connectivity index (χ3v) is 20.3. The Morgan fingerprint density at radius 3 is 1.71 bits per heavy atom. The number of hydrogen-bond donors (Lipinski definition) is 1. The zero-order valence-electron chi connectivity index (χ0n) is 14.4. The maximum atomic E-state index is 11.7. The molecular weight excluding hydrogens is 371 g/mol. The number of methoxy groups -OCH3 is 1. The number of aliphatic hydroxyl groups is 1. The molecular formula is C17H34O3Sn. The van der Waals surface area contributed by atoms with E-state index in [9.17, 15) is 9.90 Å². The molecule has 0 rings (SSSR count). The second-order valence-corrected chi connectivity index (χ2v) is 19.4. The van der Waals surface area contributed by atoms with Gasteiger partial charge in [0.2, 0.25) is 0 Å². The molecule has 0 heterocycles. The van der Waals surface area contributed by atoms with Crippen molar-refractivity contribution in [1.29, 1.82) is 0 Å². The van der Waals surface area contributed by atoms with Crippen LogP contribution in [0.5, 0.6) is 0 Å². The van der Waals surface area contributed by atoms with Crippen LogP contribution in [0, 0.1) is 0 Å². The molecule has 0 aliphatic rings. The fourth-order valence-electron chi connectivity index (χ4n) is 2.97. The van der Waals surface area contributed by atoms with E-state index in [4.69, 9.17) is 4.74 Å². The summed E-state index contributed by atoms with van der Waals surface area (Å²) in [4.78, 5) is 11.7. The summed E-state index contributed by atoms with van der Waals surface area (Å²) in [5.74, 6) is -0.301. The van der Waals surface area contributed by atoms with Crippen molar-refractivity contribution in [3.8, 4) is 0 Å². The Balaban J connectivity index is 5.42. The summed E-state index contributed by atoms with van der Waals surface area (Å²) in [6.07, 6.45) is 8.86. The van der Waals surface area contributed by atoms with Crippen LogP contribution in [0.25, 0.3) is 0 Å². The van der Waals surface area contributed by atoms with Gasteiger partial charge < -0.3 is 0 Å². The minimum atomic E-state index is -2.64. The Kier molecular flexibility index (Phi) is 12.5. The molecule has 0 saturated carbocycles. The summed E-state index contributed by atoms with van der Waals surface area (Å²) in [7, 11) is 1.41. The Bertz CT molecular complexity index is 291. The molecule has 0 spiro atoms. The zero-order chi connectivity index (χ0) is 16.1. The van der Waals surface area contributed by atoms with E-state index in [1.807, 2.05) is 0 Å². The standard InChI is InChI=1S/C5H7O3.3C4H9.Sn/c1-8-5(7)3-2-4-6;3*1-3-4-2;/h3,6H,4H2,1H3;3*1,3-4H2,2H3;. The molecule has 0 aromatic carbocycles. The molecule has 0 radical (unpaired) electrons. The zero-order valence-corrected chi connectivity index (χ0v) is 17.3. The van der Waals surface area contributed by atoms with Gasteiger partial charge in [-0.25, -0.2) is 0 Å². The van der Waals surface area contributed by atoms with Gasteiger partial charge in [0.1, 0.15) is 0 Å². The molecule has 1 N–H and O–H groups in total. The van der Waals surface area contributed by atoms with Gasteiger partial charge in [0, 0.05) is 0 Å². The number of esters is 1. The first kappa shape index (κ1) is 21.0. The van der Waals surface area contributed by atoms with E-state index in [0.717, 1.165) is 3.59 Å². The molecule has 124 valence electrons. The summed E-state index contributed by atoms with van der Waals surface area (Å²) >= 11 is -2.64. The van der Waals surface area contributed by atoms with Crippen LogP contribution in [0.15, 0.2) is 9.67 Å². The van der Waals surface area contributed by atoms with E-state index in [0.29, 0.717) is 0 Å². The number of unbranched alkanes of at least 4 members (excludes halogenated alkanes) is 3. The number of rotatable bonds is 12. The predicted octanol–water partition coefficient (Wildman–Crippen LogP) is 4.47.